The zero-order valence-corrected chi connectivity index (χ0v) is 18.7. The van der Waals surface area contributed by atoms with Crippen molar-refractivity contribution < 1.29 is 23.0 Å². The van der Waals surface area contributed by atoms with Crippen LogP contribution >= 0.6 is 16.3 Å². The van der Waals surface area contributed by atoms with Gasteiger partial charge in [-0.2, -0.15) is 0 Å². The van der Waals surface area contributed by atoms with E-state index in [2.05, 4.69) is 4.52 Å². The second-order valence-corrected chi connectivity index (χ2v) is 9.27. The molecule has 0 heterocycles. The number of para-hydroxylation sites is 4. The standard InChI is InChI=1S/C24H20NO5P2/c26-32(29-23-17-9-3-10-18-23,30-24-19-11-4-12-20-24)25-31(27-21-13-5-1-6-14-21)28-22-15-7-2-8-16-22/h1-20H/q-1. The molecule has 0 amide bonds. The van der Waals surface area contributed by atoms with Crippen LogP contribution in [0.2, 0.25) is 0 Å². The van der Waals surface area contributed by atoms with E-state index in [4.69, 9.17) is 18.1 Å². The number of nitrogens with zero attached hydrogens (tertiary/aromatic N) is 1. The average Bonchev–Trinajstić information content (AvgIpc) is 2.81. The second-order valence-electron chi connectivity index (χ2n) is 6.41. The first-order valence-corrected chi connectivity index (χ1v) is 12.4. The maximum Gasteiger partial charge on any atom is 0.441 e. The Balaban J connectivity index is 1.70. The summed E-state index contributed by atoms with van der Waals surface area (Å²) in [5.74, 6) is 1.74. The van der Waals surface area contributed by atoms with Crippen molar-refractivity contribution in [2.75, 3.05) is 0 Å². The molecule has 162 valence electrons. The van der Waals surface area contributed by atoms with Crippen molar-refractivity contribution in [3.05, 3.63) is 121 Å². The monoisotopic (exact) mass is 464 g/mol. The summed E-state index contributed by atoms with van der Waals surface area (Å²) in [4.78, 5) is 13.8. The van der Waals surface area contributed by atoms with E-state index in [9.17, 15) is 4.89 Å². The van der Waals surface area contributed by atoms with Gasteiger partial charge in [0.05, 0.1) is 0 Å². The van der Waals surface area contributed by atoms with E-state index >= 15 is 0 Å². The Morgan fingerprint density at radius 3 is 1.16 bits per heavy atom. The second kappa shape index (κ2) is 10.8. The predicted octanol–water partition coefficient (Wildman–Crippen LogP) is 6.84. The summed E-state index contributed by atoms with van der Waals surface area (Å²) < 4.78 is 27.7. The maximum absolute atomic E-state index is 13.8. The van der Waals surface area contributed by atoms with Gasteiger partial charge >= 0.3 is 8.53 Å². The molecule has 0 aromatic heterocycles. The fourth-order valence-electron chi connectivity index (χ4n) is 2.57. The molecule has 0 saturated carbocycles. The van der Waals surface area contributed by atoms with E-state index in [0.717, 1.165) is 0 Å². The summed E-state index contributed by atoms with van der Waals surface area (Å²) in [6.07, 6.45) is 0. The van der Waals surface area contributed by atoms with Crippen LogP contribution < -0.4 is 23.0 Å². The lowest BCUT2D eigenvalue weighted by Gasteiger charge is -2.31. The molecule has 0 aliphatic carbocycles. The molecule has 0 unspecified atom stereocenters. The molecule has 8 heteroatoms. The van der Waals surface area contributed by atoms with Crippen LogP contribution in [-0.2, 0) is 0 Å². The van der Waals surface area contributed by atoms with E-state index in [0.29, 0.717) is 23.0 Å². The summed E-state index contributed by atoms with van der Waals surface area (Å²) in [6, 6.07) is 35.5. The van der Waals surface area contributed by atoms with Crippen LogP contribution in [0.5, 0.6) is 23.0 Å². The number of hydrogen-bond donors (Lipinski definition) is 0. The van der Waals surface area contributed by atoms with Gasteiger partial charge in [-0.05, 0) is 48.5 Å². The molecule has 0 aliphatic heterocycles. The van der Waals surface area contributed by atoms with Crippen molar-refractivity contribution in [2.45, 2.75) is 0 Å². The average molecular weight is 464 g/mol. The smallest absolute Gasteiger partial charge is 0.441 e. The van der Waals surface area contributed by atoms with Gasteiger partial charge in [-0.15, -0.1) is 4.52 Å². The largest absolute Gasteiger partial charge is 0.753 e. The van der Waals surface area contributed by atoms with Gasteiger partial charge in [0.2, 0.25) is 0 Å². The van der Waals surface area contributed by atoms with Crippen molar-refractivity contribution >= 4 is 16.3 Å². The molecular formula is C24H20NO5P2-. The zero-order chi connectivity index (χ0) is 22.1. The van der Waals surface area contributed by atoms with Crippen molar-refractivity contribution in [2.24, 2.45) is 4.52 Å². The van der Waals surface area contributed by atoms with Crippen molar-refractivity contribution in [1.29, 1.82) is 0 Å². The summed E-state index contributed by atoms with van der Waals surface area (Å²) in [5, 5.41) is 0. The maximum atomic E-state index is 13.8. The quantitative estimate of drug-likeness (QED) is 0.254. The number of hydrogen-bond acceptors (Lipinski definition) is 6. The van der Waals surface area contributed by atoms with Gasteiger partial charge in [-0.1, -0.05) is 72.8 Å². The lowest BCUT2D eigenvalue weighted by molar-refractivity contribution is -0.195. The molecule has 0 saturated heterocycles. The minimum Gasteiger partial charge on any atom is -0.753 e. The van der Waals surface area contributed by atoms with Crippen LogP contribution in [-0.4, -0.2) is 0 Å². The highest BCUT2D eigenvalue weighted by Crippen LogP contribution is 2.54. The molecular weight excluding hydrogens is 444 g/mol. The molecule has 6 nitrogen and oxygen atoms in total. The van der Waals surface area contributed by atoms with E-state index in [-0.39, 0.29) is 0 Å². The highest BCUT2D eigenvalue weighted by Gasteiger charge is 2.22. The van der Waals surface area contributed by atoms with Crippen LogP contribution in [0.3, 0.4) is 0 Å². The molecule has 4 aromatic rings. The van der Waals surface area contributed by atoms with E-state index in [1.165, 1.54) is 0 Å². The Morgan fingerprint density at radius 1 is 0.500 bits per heavy atom. The van der Waals surface area contributed by atoms with Gasteiger partial charge in [0, 0.05) is 0 Å². The van der Waals surface area contributed by atoms with Gasteiger partial charge in [-0.3, -0.25) is 0 Å². The molecule has 32 heavy (non-hydrogen) atoms. The molecule has 0 aliphatic rings. The fourth-order valence-corrected chi connectivity index (χ4v) is 5.33. The third-order valence-corrected chi connectivity index (χ3v) is 7.04. The highest BCUT2D eigenvalue weighted by atomic mass is 31.2. The number of rotatable bonds is 9. The summed E-state index contributed by atoms with van der Waals surface area (Å²) >= 11 is 0. The van der Waals surface area contributed by atoms with Gasteiger partial charge < -0.3 is 23.0 Å². The Bertz CT molecular complexity index is 1060. The normalized spacial score (nSPS) is 10.9. The zero-order valence-electron chi connectivity index (χ0n) is 16.9. The Morgan fingerprint density at radius 2 is 0.812 bits per heavy atom. The Labute approximate surface area is 188 Å². The van der Waals surface area contributed by atoms with Crippen molar-refractivity contribution in [3.63, 3.8) is 0 Å². The van der Waals surface area contributed by atoms with Crippen LogP contribution in [0.15, 0.2) is 126 Å². The molecule has 0 fully saturated rings. The first-order valence-electron chi connectivity index (χ1n) is 9.77. The van der Waals surface area contributed by atoms with Crippen molar-refractivity contribution in [1.82, 2.24) is 0 Å². The molecule has 4 aromatic carbocycles. The molecule has 0 N–H and O–H groups in total. The van der Waals surface area contributed by atoms with Crippen LogP contribution in [0.4, 0.5) is 0 Å². The minimum atomic E-state index is -4.09. The molecule has 0 bridgehead atoms. The summed E-state index contributed by atoms with van der Waals surface area (Å²) in [5.41, 5.74) is 0. The van der Waals surface area contributed by atoms with E-state index < -0.39 is 16.3 Å². The topological polar surface area (TPSA) is 72.3 Å². The van der Waals surface area contributed by atoms with Crippen molar-refractivity contribution in [3.8, 4) is 23.0 Å². The fraction of sp³-hybridized carbons (Fsp3) is 0. The molecule has 0 radical (unpaired) electrons. The lowest BCUT2D eigenvalue weighted by atomic mass is 10.3. The SMILES string of the molecule is [O-]P(=NP(Oc1ccccc1)Oc1ccccc1)(Oc1ccccc1)Oc1ccccc1. The first-order chi connectivity index (χ1) is 15.7. The van der Waals surface area contributed by atoms with Gasteiger partial charge in [0.1, 0.15) is 23.0 Å². The first kappa shape index (κ1) is 21.9. The van der Waals surface area contributed by atoms with Gasteiger partial charge in [-0.25, -0.2) is 0 Å². The van der Waals surface area contributed by atoms with Crippen LogP contribution in [0, 0.1) is 0 Å². The van der Waals surface area contributed by atoms with Crippen LogP contribution in [0.1, 0.15) is 0 Å². The molecule has 0 atom stereocenters. The van der Waals surface area contributed by atoms with E-state index in [1.54, 1.807) is 72.8 Å². The third-order valence-electron chi connectivity index (χ3n) is 3.96. The summed E-state index contributed by atoms with van der Waals surface area (Å²) in [6.45, 7) is 0. The third kappa shape index (κ3) is 6.60. The lowest BCUT2D eigenvalue weighted by Crippen LogP contribution is -2.14. The van der Waals surface area contributed by atoms with Crippen LogP contribution in [0.25, 0.3) is 0 Å². The summed E-state index contributed by atoms with van der Waals surface area (Å²) in [7, 11) is -6.17. The number of benzene rings is 4. The Kier molecular flexibility index (Phi) is 7.42. The minimum absolute atomic E-state index is 0.352. The van der Waals surface area contributed by atoms with E-state index in [1.807, 2.05) is 48.5 Å². The molecule has 0 spiro atoms. The predicted molar refractivity (Wildman–Crippen MR) is 125 cm³/mol. The molecule has 4 rings (SSSR count). The van der Waals surface area contributed by atoms with Gasteiger partial charge in [0.25, 0.3) is 7.74 Å². The van der Waals surface area contributed by atoms with Gasteiger partial charge in [0.15, 0.2) is 0 Å². The Hall–Kier alpha value is -3.30. The highest BCUT2D eigenvalue weighted by molar-refractivity contribution is 7.60.